The smallest absolute Gasteiger partial charge is 0.315 e. The number of ether oxygens (including phenoxy) is 1. The lowest BCUT2D eigenvalue weighted by Gasteiger charge is -2.24. The Morgan fingerprint density at radius 3 is 2.35 bits per heavy atom. The zero-order valence-electron chi connectivity index (χ0n) is 13.9. The zero-order chi connectivity index (χ0) is 17.0. The number of anilines is 1. The molecule has 2 rings (SSSR count). The van der Waals surface area contributed by atoms with Gasteiger partial charge in [0.2, 0.25) is 0 Å². The van der Waals surface area contributed by atoms with Crippen molar-refractivity contribution in [3.63, 3.8) is 0 Å². The summed E-state index contributed by atoms with van der Waals surface area (Å²) >= 11 is 0. The van der Waals surface area contributed by atoms with Crippen molar-refractivity contribution in [3.05, 3.63) is 54.1 Å². The molecule has 4 heteroatoms. The van der Waals surface area contributed by atoms with E-state index in [0.717, 1.165) is 16.7 Å². The Hall–Kier alpha value is -2.33. The third-order valence-electron chi connectivity index (χ3n) is 3.49. The van der Waals surface area contributed by atoms with Crippen LogP contribution in [-0.4, -0.2) is 18.1 Å². The van der Waals surface area contributed by atoms with Crippen molar-refractivity contribution in [2.45, 2.75) is 32.3 Å². The Labute approximate surface area is 137 Å². The van der Waals surface area contributed by atoms with Crippen molar-refractivity contribution in [3.8, 4) is 11.1 Å². The highest BCUT2D eigenvalue weighted by molar-refractivity contribution is 5.82. The van der Waals surface area contributed by atoms with Crippen LogP contribution in [0.5, 0.6) is 0 Å². The largest absolute Gasteiger partial charge is 0.459 e. The summed E-state index contributed by atoms with van der Waals surface area (Å²) in [5.41, 5.74) is 14.8. The number of esters is 1. The van der Waals surface area contributed by atoms with Crippen LogP contribution >= 0.6 is 0 Å². The molecule has 0 saturated carbocycles. The second kappa shape index (κ2) is 6.84. The molecule has 122 valence electrons. The first-order chi connectivity index (χ1) is 10.8. The minimum atomic E-state index is -0.541. The van der Waals surface area contributed by atoms with Gasteiger partial charge in [-0.1, -0.05) is 36.4 Å². The van der Waals surface area contributed by atoms with Gasteiger partial charge in [0.05, 0.1) is 5.92 Å². The lowest BCUT2D eigenvalue weighted by molar-refractivity contribution is -0.156. The molecule has 0 saturated heterocycles. The van der Waals surface area contributed by atoms with Gasteiger partial charge in [-0.25, -0.2) is 0 Å². The molecule has 0 radical (unpaired) electrons. The summed E-state index contributed by atoms with van der Waals surface area (Å²) in [7, 11) is 0. The van der Waals surface area contributed by atoms with Crippen LogP contribution in [0.25, 0.3) is 11.1 Å². The first-order valence-corrected chi connectivity index (χ1v) is 7.69. The number of nitrogen functional groups attached to an aromatic ring is 1. The molecule has 0 heterocycles. The maximum atomic E-state index is 12.4. The average Bonchev–Trinajstić information content (AvgIpc) is 2.48. The molecule has 0 aliphatic carbocycles. The Bertz CT molecular complexity index is 676. The molecule has 2 aromatic rings. The number of rotatable bonds is 4. The topological polar surface area (TPSA) is 78.3 Å². The highest BCUT2D eigenvalue weighted by Gasteiger charge is 2.26. The molecule has 0 amide bonds. The van der Waals surface area contributed by atoms with E-state index in [9.17, 15) is 4.79 Å². The third kappa shape index (κ3) is 4.33. The predicted octanol–water partition coefficient (Wildman–Crippen LogP) is 3.32. The third-order valence-corrected chi connectivity index (χ3v) is 3.49. The minimum Gasteiger partial charge on any atom is -0.459 e. The zero-order valence-corrected chi connectivity index (χ0v) is 13.9. The van der Waals surface area contributed by atoms with Gasteiger partial charge in [0.25, 0.3) is 0 Å². The van der Waals surface area contributed by atoms with Crippen molar-refractivity contribution < 1.29 is 9.53 Å². The van der Waals surface area contributed by atoms with Crippen LogP contribution in [0.2, 0.25) is 0 Å². The van der Waals surface area contributed by atoms with Crippen molar-refractivity contribution in [2.24, 2.45) is 5.73 Å². The van der Waals surface area contributed by atoms with Crippen molar-refractivity contribution in [1.82, 2.24) is 0 Å². The van der Waals surface area contributed by atoms with E-state index in [-0.39, 0.29) is 12.5 Å². The molecule has 4 N–H and O–H groups in total. The predicted molar refractivity (Wildman–Crippen MR) is 93.9 cm³/mol. The quantitative estimate of drug-likeness (QED) is 0.670. The van der Waals surface area contributed by atoms with E-state index < -0.39 is 11.5 Å². The summed E-state index contributed by atoms with van der Waals surface area (Å²) in [5.74, 6) is -0.818. The standard InChI is InChI=1S/C19H24N2O2/c1-19(2,3)23-18(22)16(12-20)14-9-10-17(21)15(11-14)13-7-5-4-6-8-13/h4-11,16H,12,20-21H2,1-3H3. The van der Waals surface area contributed by atoms with E-state index in [1.54, 1.807) is 0 Å². The lowest BCUT2D eigenvalue weighted by atomic mass is 9.93. The van der Waals surface area contributed by atoms with Crippen LogP contribution in [0.1, 0.15) is 32.3 Å². The molecule has 1 atom stereocenters. The summed E-state index contributed by atoms with van der Waals surface area (Å²) < 4.78 is 5.47. The number of hydrogen-bond acceptors (Lipinski definition) is 4. The van der Waals surface area contributed by atoms with Crippen LogP contribution in [0.4, 0.5) is 5.69 Å². The minimum absolute atomic E-state index is 0.188. The van der Waals surface area contributed by atoms with Crippen LogP contribution in [-0.2, 0) is 9.53 Å². The highest BCUT2D eigenvalue weighted by atomic mass is 16.6. The Kier molecular flexibility index (Phi) is 5.06. The van der Waals surface area contributed by atoms with E-state index >= 15 is 0 Å². The maximum Gasteiger partial charge on any atom is 0.315 e. The van der Waals surface area contributed by atoms with Crippen molar-refractivity contribution in [2.75, 3.05) is 12.3 Å². The Morgan fingerprint density at radius 1 is 1.13 bits per heavy atom. The molecule has 1 unspecified atom stereocenters. The van der Waals surface area contributed by atoms with Gasteiger partial charge in [-0.05, 0) is 44.0 Å². The maximum absolute atomic E-state index is 12.4. The van der Waals surface area contributed by atoms with E-state index in [0.29, 0.717) is 5.69 Å². The summed E-state index contributed by atoms with van der Waals surface area (Å²) in [6.07, 6.45) is 0. The fourth-order valence-corrected chi connectivity index (χ4v) is 2.40. The monoisotopic (exact) mass is 312 g/mol. The average molecular weight is 312 g/mol. The fourth-order valence-electron chi connectivity index (χ4n) is 2.40. The summed E-state index contributed by atoms with van der Waals surface area (Å²) in [6, 6.07) is 15.4. The fraction of sp³-hybridized carbons (Fsp3) is 0.316. The Balaban J connectivity index is 2.37. The van der Waals surface area contributed by atoms with Gasteiger partial charge in [0, 0.05) is 17.8 Å². The molecule has 0 bridgehead atoms. The van der Waals surface area contributed by atoms with Gasteiger partial charge >= 0.3 is 5.97 Å². The van der Waals surface area contributed by atoms with E-state index in [4.69, 9.17) is 16.2 Å². The summed E-state index contributed by atoms with van der Waals surface area (Å²) in [5, 5.41) is 0. The summed E-state index contributed by atoms with van der Waals surface area (Å²) in [4.78, 5) is 12.4. The van der Waals surface area contributed by atoms with Crippen LogP contribution in [0.3, 0.4) is 0 Å². The first kappa shape index (κ1) is 17.0. The molecule has 0 aliphatic heterocycles. The van der Waals surface area contributed by atoms with Gasteiger partial charge in [-0.2, -0.15) is 0 Å². The molecular weight excluding hydrogens is 288 g/mol. The first-order valence-electron chi connectivity index (χ1n) is 7.69. The summed E-state index contributed by atoms with van der Waals surface area (Å²) in [6.45, 7) is 5.72. The van der Waals surface area contributed by atoms with Crippen molar-refractivity contribution in [1.29, 1.82) is 0 Å². The number of nitrogens with two attached hydrogens (primary N) is 2. The van der Waals surface area contributed by atoms with Gasteiger partial charge < -0.3 is 16.2 Å². The van der Waals surface area contributed by atoms with E-state index in [2.05, 4.69) is 0 Å². The molecular formula is C19H24N2O2. The molecule has 2 aromatic carbocycles. The molecule has 0 spiro atoms. The number of benzene rings is 2. The van der Waals surface area contributed by atoms with Gasteiger partial charge in [-0.15, -0.1) is 0 Å². The van der Waals surface area contributed by atoms with E-state index in [1.807, 2.05) is 69.3 Å². The van der Waals surface area contributed by atoms with Crippen LogP contribution in [0.15, 0.2) is 48.5 Å². The van der Waals surface area contributed by atoms with Crippen molar-refractivity contribution >= 4 is 11.7 Å². The molecule has 23 heavy (non-hydrogen) atoms. The normalized spacial score (nSPS) is 12.7. The number of carbonyl (C=O) groups is 1. The van der Waals surface area contributed by atoms with Crippen LogP contribution in [0, 0.1) is 0 Å². The van der Waals surface area contributed by atoms with Gasteiger partial charge in [-0.3, -0.25) is 4.79 Å². The number of hydrogen-bond donors (Lipinski definition) is 2. The lowest BCUT2D eigenvalue weighted by Crippen LogP contribution is -2.31. The van der Waals surface area contributed by atoms with E-state index in [1.165, 1.54) is 0 Å². The second-order valence-corrected chi connectivity index (χ2v) is 6.53. The second-order valence-electron chi connectivity index (χ2n) is 6.53. The Morgan fingerprint density at radius 2 is 1.78 bits per heavy atom. The highest BCUT2D eigenvalue weighted by Crippen LogP contribution is 2.30. The van der Waals surface area contributed by atoms with Gasteiger partial charge in [0.15, 0.2) is 0 Å². The molecule has 0 aliphatic rings. The van der Waals surface area contributed by atoms with Crippen LogP contribution < -0.4 is 11.5 Å². The molecule has 4 nitrogen and oxygen atoms in total. The molecule has 0 fully saturated rings. The SMILES string of the molecule is CC(C)(C)OC(=O)C(CN)c1ccc(N)c(-c2ccccc2)c1. The number of carbonyl (C=O) groups excluding carboxylic acids is 1. The van der Waals surface area contributed by atoms with Gasteiger partial charge in [0.1, 0.15) is 5.60 Å². The molecule has 0 aromatic heterocycles.